The average Bonchev–Trinajstić information content (AvgIpc) is 3.26. The topological polar surface area (TPSA) is 49.8 Å². The molecule has 1 heterocycles. The van der Waals surface area contributed by atoms with Crippen molar-refractivity contribution in [2.45, 2.75) is 83.3 Å². The molecule has 0 spiro atoms. The van der Waals surface area contributed by atoms with Gasteiger partial charge in [0.1, 0.15) is 6.10 Å². The molecule has 0 aromatic heterocycles. The highest BCUT2D eigenvalue weighted by Crippen LogP contribution is 2.28. The Morgan fingerprint density at radius 3 is 2.52 bits per heavy atom. The number of epoxide rings is 1. The van der Waals surface area contributed by atoms with E-state index in [2.05, 4.69) is 25.2 Å². The lowest BCUT2D eigenvalue weighted by atomic mass is 10.1. The number of carboxylic acids is 1. The van der Waals surface area contributed by atoms with Gasteiger partial charge in [0.05, 0.1) is 6.10 Å². The molecule has 0 aliphatic carbocycles. The Balaban J connectivity index is 1.94. The maximum Gasteiger partial charge on any atom is 0.303 e. The molecule has 1 rings (SSSR count). The third-order valence-electron chi connectivity index (χ3n) is 4.00. The normalized spacial score (nSPS) is 20.9. The van der Waals surface area contributed by atoms with Gasteiger partial charge in [-0.1, -0.05) is 75.5 Å². The summed E-state index contributed by atoms with van der Waals surface area (Å²) in [5, 5.41) is 8.57. The van der Waals surface area contributed by atoms with Crippen molar-refractivity contribution in [1.82, 2.24) is 0 Å². The molecule has 3 heteroatoms. The van der Waals surface area contributed by atoms with E-state index in [1.54, 1.807) is 0 Å². The van der Waals surface area contributed by atoms with Crippen molar-refractivity contribution >= 4 is 5.97 Å². The Kier molecular flexibility index (Phi) is 11.2. The Morgan fingerprint density at radius 1 is 1.00 bits per heavy atom. The number of hydrogen-bond donors (Lipinski definition) is 1. The molecule has 1 saturated heterocycles. The predicted octanol–water partition coefficient (Wildman–Crippen LogP) is 5.43. The minimum atomic E-state index is -0.728. The van der Waals surface area contributed by atoms with Crippen LogP contribution in [-0.2, 0) is 9.53 Å². The highest BCUT2D eigenvalue weighted by atomic mass is 16.6. The molecule has 0 saturated carbocycles. The molecule has 2 atom stereocenters. The molecule has 1 aliphatic heterocycles. The van der Waals surface area contributed by atoms with Crippen molar-refractivity contribution in [3.8, 4) is 0 Å². The van der Waals surface area contributed by atoms with Crippen LogP contribution in [0.1, 0.15) is 71.1 Å². The number of allylic oxidation sites excluding steroid dienone is 5. The zero-order valence-electron chi connectivity index (χ0n) is 14.5. The highest BCUT2D eigenvalue weighted by Gasteiger charge is 2.35. The fraction of sp³-hybridized carbons (Fsp3) is 0.650. The largest absolute Gasteiger partial charge is 0.481 e. The van der Waals surface area contributed by atoms with Gasteiger partial charge >= 0.3 is 5.97 Å². The first kappa shape index (κ1) is 19.7. The fourth-order valence-corrected chi connectivity index (χ4v) is 2.53. The lowest BCUT2D eigenvalue weighted by molar-refractivity contribution is -0.137. The minimum absolute atomic E-state index is 0.181. The molecule has 0 aromatic rings. The van der Waals surface area contributed by atoms with Crippen LogP contribution >= 0.6 is 0 Å². The van der Waals surface area contributed by atoms with Gasteiger partial charge in [0.15, 0.2) is 0 Å². The summed E-state index contributed by atoms with van der Waals surface area (Å²) in [7, 11) is 0. The molecular weight excluding hydrogens is 288 g/mol. The van der Waals surface area contributed by atoms with E-state index in [1.165, 1.54) is 38.5 Å². The second-order valence-electron chi connectivity index (χ2n) is 6.18. The number of rotatable bonds is 14. The number of hydrogen-bond acceptors (Lipinski definition) is 2. The smallest absolute Gasteiger partial charge is 0.303 e. The maximum absolute atomic E-state index is 10.4. The Labute approximate surface area is 141 Å². The van der Waals surface area contributed by atoms with Crippen molar-refractivity contribution < 1.29 is 14.6 Å². The van der Waals surface area contributed by atoms with Crippen LogP contribution in [0.25, 0.3) is 0 Å². The van der Waals surface area contributed by atoms with Crippen molar-refractivity contribution in [1.29, 1.82) is 0 Å². The summed E-state index contributed by atoms with van der Waals surface area (Å²) in [4.78, 5) is 10.4. The monoisotopic (exact) mass is 320 g/mol. The van der Waals surface area contributed by atoms with Crippen LogP contribution in [0, 0.1) is 0 Å². The molecule has 1 fully saturated rings. The third-order valence-corrected chi connectivity index (χ3v) is 4.00. The van der Waals surface area contributed by atoms with Crippen LogP contribution in [0.4, 0.5) is 0 Å². The number of unbranched alkanes of at least 4 members (excludes halogenated alkanes) is 6. The van der Waals surface area contributed by atoms with E-state index in [0.29, 0.717) is 6.42 Å². The van der Waals surface area contributed by atoms with Gasteiger partial charge in [0, 0.05) is 6.42 Å². The van der Waals surface area contributed by atoms with Crippen LogP contribution in [0.3, 0.4) is 0 Å². The molecule has 0 bridgehead atoms. The molecular formula is C20H32O3. The quantitative estimate of drug-likeness (QED) is 0.264. The van der Waals surface area contributed by atoms with Gasteiger partial charge < -0.3 is 9.84 Å². The molecule has 0 amide bonds. The van der Waals surface area contributed by atoms with E-state index in [-0.39, 0.29) is 18.6 Å². The molecule has 0 radical (unpaired) electrons. The van der Waals surface area contributed by atoms with Gasteiger partial charge in [-0.05, 0) is 25.7 Å². The fourth-order valence-electron chi connectivity index (χ4n) is 2.53. The van der Waals surface area contributed by atoms with E-state index in [0.717, 1.165) is 12.8 Å². The van der Waals surface area contributed by atoms with Crippen LogP contribution in [0.5, 0.6) is 0 Å². The van der Waals surface area contributed by atoms with Crippen molar-refractivity contribution in [3.05, 3.63) is 36.5 Å². The summed E-state index contributed by atoms with van der Waals surface area (Å²) >= 11 is 0. The van der Waals surface area contributed by atoms with Crippen molar-refractivity contribution in [2.24, 2.45) is 0 Å². The third kappa shape index (κ3) is 11.8. The summed E-state index contributed by atoms with van der Waals surface area (Å²) in [6.07, 6.45) is 23.9. The van der Waals surface area contributed by atoms with Gasteiger partial charge in [0.25, 0.3) is 0 Å². The molecule has 0 unspecified atom stereocenters. The Bertz CT molecular complexity index is 396. The Morgan fingerprint density at radius 2 is 1.74 bits per heavy atom. The summed E-state index contributed by atoms with van der Waals surface area (Å²) in [5.41, 5.74) is 0. The van der Waals surface area contributed by atoms with Gasteiger partial charge in [-0.25, -0.2) is 0 Å². The van der Waals surface area contributed by atoms with Crippen LogP contribution in [0.15, 0.2) is 36.5 Å². The number of aliphatic carboxylic acids is 1. The average molecular weight is 320 g/mol. The molecule has 130 valence electrons. The van der Waals surface area contributed by atoms with Crippen LogP contribution < -0.4 is 0 Å². The lowest BCUT2D eigenvalue weighted by Crippen LogP contribution is -1.97. The van der Waals surface area contributed by atoms with E-state index in [1.807, 2.05) is 18.2 Å². The minimum Gasteiger partial charge on any atom is -0.481 e. The van der Waals surface area contributed by atoms with Gasteiger partial charge in [-0.3, -0.25) is 4.79 Å². The van der Waals surface area contributed by atoms with Crippen LogP contribution in [0.2, 0.25) is 0 Å². The van der Waals surface area contributed by atoms with E-state index < -0.39 is 5.97 Å². The maximum atomic E-state index is 10.4. The Hall–Kier alpha value is -1.35. The molecule has 1 N–H and O–H groups in total. The summed E-state index contributed by atoms with van der Waals surface area (Å²) < 4.78 is 5.47. The summed E-state index contributed by atoms with van der Waals surface area (Å²) in [6, 6.07) is 0. The molecule has 0 aromatic carbocycles. The van der Waals surface area contributed by atoms with Gasteiger partial charge in [-0.15, -0.1) is 0 Å². The van der Waals surface area contributed by atoms with Crippen molar-refractivity contribution in [2.75, 3.05) is 0 Å². The molecule has 1 aliphatic rings. The standard InChI is InChI=1S/C20H32O3/c1-2-3-4-5-6-7-8-9-10-11-12-13-15-18-19(23-18)16-14-17-20(21)22/h9-13,15,18-19H,2-8,14,16-17H2,1H3,(H,21,22)/b10-9-,12-11+,15-13+/t18-,19-/m1/s1. The zero-order chi connectivity index (χ0) is 16.8. The first-order valence-electron chi connectivity index (χ1n) is 9.11. The second kappa shape index (κ2) is 13.1. The first-order valence-corrected chi connectivity index (χ1v) is 9.11. The van der Waals surface area contributed by atoms with Crippen molar-refractivity contribution in [3.63, 3.8) is 0 Å². The van der Waals surface area contributed by atoms with E-state index >= 15 is 0 Å². The lowest BCUT2D eigenvalue weighted by Gasteiger charge is -1.97. The van der Waals surface area contributed by atoms with Gasteiger partial charge in [-0.2, -0.15) is 0 Å². The predicted molar refractivity (Wildman–Crippen MR) is 95.6 cm³/mol. The SMILES string of the molecule is CCCCCCCC\C=C/C=C/C=C/[C@H]1O[C@@H]1CCCC(=O)O. The molecule has 23 heavy (non-hydrogen) atoms. The van der Waals surface area contributed by atoms with Crippen LogP contribution in [-0.4, -0.2) is 23.3 Å². The second-order valence-corrected chi connectivity index (χ2v) is 6.18. The number of carbonyl (C=O) groups is 1. The van der Waals surface area contributed by atoms with E-state index in [4.69, 9.17) is 9.84 Å². The first-order chi connectivity index (χ1) is 11.2. The number of carboxylic acid groups (broad SMARTS) is 1. The summed E-state index contributed by atoms with van der Waals surface area (Å²) in [6.45, 7) is 2.25. The molecule has 3 nitrogen and oxygen atoms in total. The zero-order valence-corrected chi connectivity index (χ0v) is 14.5. The highest BCUT2D eigenvalue weighted by molar-refractivity contribution is 5.66. The van der Waals surface area contributed by atoms with E-state index in [9.17, 15) is 4.79 Å². The van der Waals surface area contributed by atoms with Gasteiger partial charge in [0.2, 0.25) is 0 Å². The summed E-state index contributed by atoms with van der Waals surface area (Å²) in [5.74, 6) is -0.728. The number of ether oxygens (including phenoxy) is 1.